The van der Waals surface area contributed by atoms with Crippen LogP contribution in [0.25, 0.3) is 0 Å². The third-order valence-corrected chi connectivity index (χ3v) is 6.16. The number of nitrogens with zero attached hydrogens (tertiary/aromatic N) is 2. The molecule has 0 saturated carbocycles. The first-order chi connectivity index (χ1) is 15.5. The fourth-order valence-corrected chi connectivity index (χ4v) is 4.32. The third-order valence-electron chi connectivity index (χ3n) is 4.87. The van der Waals surface area contributed by atoms with Gasteiger partial charge in [-0.25, -0.2) is 4.99 Å². The van der Waals surface area contributed by atoms with Crippen LogP contribution in [0.4, 0.5) is 17.1 Å². The zero-order valence-corrected chi connectivity index (χ0v) is 19.3. The van der Waals surface area contributed by atoms with Crippen molar-refractivity contribution >= 4 is 57.1 Å². The van der Waals surface area contributed by atoms with Crippen LogP contribution in [0, 0.1) is 6.92 Å². The molecular formula is C25H22ClN3O2S. The summed E-state index contributed by atoms with van der Waals surface area (Å²) in [5.74, 6) is 0.848. The first-order valence-corrected chi connectivity index (χ1v) is 11.5. The summed E-state index contributed by atoms with van der Waals surface area (Å²) in [5.41, 5.74) is 5.08. The lowest BCUT2D eigenvalue weighted by Gasteiger charge is -2.10. The lowest BCUT2D eigenvalue weighted by molar-refractivity contribution is -0.113. The van der Waals surface area contributed by atoms with Crippen LogP contribution < -0.4 is 10.1 Å². The zero-order chi connectivity index (χ0) is 22.5. The van der Waals surface area contributed by atoms with E-state index in [9.17, 15) is 4.79 Å². The Labute approximate surface area is 196 Å². The number of hydrogen-bond donors (Lipinski definition) is 1. The normalized spacial score (nSPS) is 12.8. The van der Waals surface area contributed by atoms with Crippen LogP contribution in [-0.4, -0.2) is 29.5 Å². The number of amides is 1. The summed E-state index contributed by atoms with van der Waals surface area (Å²) in [4.78, 5) is 22.2. The SMILES string of the molecule is COc1cccc(C2=Nc3ccccc3N=C(SCC(=O)Nc3ccc(C)cc3Cl)C2)c1. The average Bonchev–Trinajstić information content (AvgIpc) is 2.99. The summed E-state index contributed by atoms with van der Waals surface area (Å²) in [7, 11) is 1.64. The molecule has 0 spiro atoms. The molecule has 162 valence electrons. The minimum Gasteiger partial charge on any atom is -0.497 e. The molecule has 1 aliphatic heterocycles. The highest BCUT2D eigenvalue weighted by atomic mass is 35.5. The first-order valence-electron chi connectivity index (χ1n) is 10.1. The third kappa shape index (κ3) is 5.39. The largest absolute Gasteiger partial charge is 0.497 e. The fraction of sp³-hybridized carbons (Fsp3) is 0.160. The summed E-state index contributed by atoms with van der Waals surface area (Å²) >= 11 is 7.64. The molecule has 7 heteroatoms. The van der Waals surface area contributed by atoms with Crippen molar-refractivity contribution < 1.29 is 9.53 Å². The number of para-hydroxylation sites is 2. The van der Waals surface area contributed by atoms with Gasteiger partial charge in [0.25, 0.3) is 0 Å². The van der Waals surface area contributed by atoms with Crippen LogP contribution in [0.3, 0.4) is 0 Å². The molecule has 4 rings (SSSR count). The van der Waals surface area contributed by atoms with Gasteiger partial charge in [-0.15, -0.1) is 11.8 Å². The van der Waals surface area contributed by atoms with Crippen molar-refractivity contribution in [2.75, 3.05) is 18.2 Å². The van der Waals surface area contributed by atoms with Gasteiger partial charge in [-0.2, -0.15) is 0 Å². The van der Waals surface area contributed by atoms with Gasteiger partial charge in [0.2, 0.25) is 5.91 Å². The summed E-state index contributed by atoms with van der Waals surface area (Å²) in [6, 6.07) is 21.1. The number of methoxy groups -OCH3 is 1. The highest BCUT2D eigenvalue weighted by molar-refractivity contribution is 8.14. The predicted octanol–water partition coefficient (Wildman–Crippen LogP) is 6.58. The second kappa shape index (κ2) is 10.0. The van der Waals surface area contributed by atoms with Gasteiger partial charge in [-0.3, -0.25) is 9.79 Å². The number of nitrogens with one attached hydrogen (secondary N) is 1. The molecule has 0 radical (unpaired) electrons. The molecule has 5 nitrogen and oxygen atoms in total. The Morgan fingerprint density at radius 3 is 2.59 bits per heavy atom. The number of halogens is 1. The monoisotopic (exact) mass is 463 g/mol. The van der Waals surface area contributed by atoms with Crippen LogP contribution >= 0.6 is 23.4 Å². The summed E-state index contributed by atoms with van der Waals surface area (Å²) < 4.78 is 5.37. The molecule has 0 fully saturated rings. The van der Waals surface area contributed by atoms with E-state index < -0.39 is 0 Å². The van der Waals surface area contributed by atoms with Crippen LogP contribution in [0.2, 0.25) is 5.02 Å². The zero-order valence-electron chi connectivity index (χ0n) is 17.8. The summed E-state index contributed by atoms with van der Waals surface area (Å²) in [5, 5.41) is 4.22. The number of fused-ring (bicyclic) bond motifs is 1. The molecule has 1 N–H and O–H groups in total. The van der Waals surface area contributed by atoms with Crippen LogP contribution in [0.5, 0.6) is 5.75 Å². The van der Waals surface area contributed by atoms with Crippen LogP contribution in [-0.2, 0) is 4.79 Å². The van der Waals surface area contributed by atoms with Crippen molar-refractivity contribution in [3.63, 3.8) is 0 Å². The number of anilines is 1. The van der Waals surface area contributed by atoms with Gasteiger partial charge in [0.1, 0.15) is 5.75 Å². The van der Waals surface area contributed by atoms with Crippen LogP contribution in [0.1, 0.15) is 17.5 Å². The van der Waals surface area contributed by atoms with Crippen molar-refractivity contribution in [2.45, 2.75) is 13.3 Å². The quantitative estimate of drug-likeness (QED) is 0.464. The molecule has 1 aliphatic rings. The van der Waals surface area contributed by atoms with E-state index in [1.807, 2.05) is 73.7 Å². The van der Waals surface area contributed by atoms with Gasteiger partial charge >= 0.3 is 0 Å². The van der Waals surface area contributed by atoms with E-state index >= 15 is 0 Å². The maximum absolute atomic E-state index is 12.6. The standard InChI is InChI=1S/C25H22ClN3O2S/c1-16-10-11-20(19(26)12-16)28-24(30)15-32-25-14-23(17-6-5-7-18(13-17)31-2)27-21-8-3-4-9-22(21)29-25/h3-13H,14-15H2,1-2H3,(H,28,30). The molecule has 1 heterocycles. The Balaban J connectivity index is 1.53. The van der Waals surface area contributed by atoms with Gasteiger partial charge in [0, 0.05) is 12.0 Å². The fourth-order valence-electron chi connectivity index (χ4n) is 3.26. The van der Waals surface area contributed by atoms with E-state index in [0.717, 1.165) is 39.0 Å². The molecule has 32 heavy (non-hydrogen) atoms. The van der Waals surface area contributed by atoms with Gasteiger partial charge in [0.15, 0.2) is 0 Å². The van der Waals surface area contributed by atoms with Crippen molar-refractivity contribution in [2.24, 2.45) is 9.98 Å². The van der Waals surface area contributed by atoms with E-state index in [0.29, 0.717) is 17.1 Å². The Morgan fingerprint density at radius 1 is 1.06 bits per heavy atom. The number of aryl methyl sites for hydroxylation is 1. The molecule has 3 aromatic carbocycles. The van der Waals surface area contributed by atoms with Crippen molar-refractivity contribution in [1.82, 2.24) is 0 Å². The van der Waals surface area contributed by atoms with E-state index in [4.69, 9.17) is 26.3 Å². The van der Waals surface area contributed by atoms with Crippen molar-refractivity contribution in [1.29, 1.82) is 0 Å². The summed E-state index contributed by atoms with van der Waals surface area (Å²) in [6.07, 6.45) is 0.519. The molecule has 0 saturated heterocycles. The van der Waals surface area contributed by atoms with Crippen molar-refractivity contribution in [3.05, 3.63) is 82.9 Å². The molecular weight excluding hydrogens is 442 g/mol. The number of rotatable bonds is 5. The molecule has 0 unspecified atom stereocenters. The molecule has 0 aliphatic carbocycles. The Kier molecular flexibility index (Phi) is 6.93. The number of thioether (sulfide) groups is 1. The van der Waals surface area contributed by atoms with Crippen LogP contribution in [0.15, 0.2) is 76.7 Å². The maximum atomic E-state index is 12.6. The van der Waals surface area contributed by atoms with Crippen molar-refractivity contribution in [3.8, 4) is 5.75 Å². The van der Waals surface area contributed by atoms with E-state index in [1.165, 1.54) is 11.8 Å². The highest BCUT2D eigenvalue weighted by Gasteiger charge is 2.17. The van der Waals surface area contributed by atoms with Gasteiger partial charge < -0.3 is 10.1 Å². The predicted molar refractivity (Wildman–Crippen MR) is 135 cm³/mol. The Morgan fingerprint density at radius 2 is 1.84 bits per heavy atom. The van der Waals surface area contributed by atoms with E-state index in [-0.39, 0.29) is 11.7 Å². The first kappa shape index (κ1) is 22.1. The van der Waals surface area contributed by atoms with E-state index in [2.05, 4.69) is 5.32 Å². The van der Waals surface area contributed by atoms with E-state index in [1.54, 1.807) is 7.11 Å². The minimum absolute atomic E-state index is 0.138. The second-order valence-corrected chi connectivity index (χ2v) is 8.74. The number of carbonyl (C=O) groups excluding carboxylic acids is 1. The smallest absolute Gasteiger partial charge is 0.234 e. The Bertz CT molecular complexity index is 1220. The highest BCUT2D eigenvalue weighted by Crippen LogP contribution is 2.34. The number of aliphatic imine (C=N–C) groups is 2. The second-order valence-electron chi connectivity index (χ2n) is 7.28. The lowest BCUT2D eigenvalue weighted by Crippen LogP contribution is -2.16. The lowest BCUT2D eigenvalue weighted by atomic mass is 10.1. The summed E-state index contributed by atoms with van der Waals surface area (Å²) in [6.45, 7) is 1.96. The molecule has 0 bridgehead atoms. The Hall–Kier alpha value is -3.09. The number of benzene rings is 3. The number of hydrogen-bond acceptors (Lipinski definition) is 5. The number of ether oxygens (including phenoxy) is 1. The maximum Gasteiger partial charge on any atom is 0.234 e. The topological polar surface area (TPSA) is 63.1 Å². The molecule has 1 amide bonds. The molecule has 3 aromatic rings. The minimum atomic E-state index is -0.138. The van der Waals surface area contributed by atoms with Gasteiger partial charge in [0.05, 0.1) is 45.7 Å². The number of carbonyl (C=O) groups is 1. The van der Waals surface area contributed by atoms with Gasteiger partial charge in [-0.1, -0.05) is 41.9 Å². The average molecular weight is 464 g/mol. The molecule has 0 aromatic heterocycles. The molecule has 0 atom stereocenters. The van der Waals surface area contributed by atoms with Gasteiger partial charge in [-0.05, 0) is 48.9 Å².